The molecule has 0 aliphatic carbocycles. The third-order valence-corrected chi connectivity index (χ3v) is 3.09. The fourth-order valence-corrected chi connectivity index (χ4v) is 1.93. The van der Waals surface area contributed by atoms with Crippen LogP contribution in [0.2, 0.25) is 5.02 Å². The van der Waals surface area contributed by atoms with Gasteiger partial charge in [0, 0.05) is 0 Å². The number of halogens is 4. The van der Waals surface area contributed by atoms with Gasteiger partial charge in [-0.25, -0.2) is 0 Å². The van der Waals surface area contributed by atoms with Crippen LogP contribution in [0.4, 0.5) is 13.2 Å². The highest BCUT2D eigenvalue weighted by molar-refractivity contribution is 6.32. The van der Waals surface area contributed by atoms with E-state index < -0.39 is 11.7 Å². The SMILES string of the molecule is CCc1cccc(Oc2ccc(C(F)(F)F)cc2Cl)c1. The molecule has 0 aromatic heterocycles. The Morgan fingerprint density at radius 2 is 1.85 bits per heavy atom. The van der Waals surface area contributed by atoms with Crippen molar-refractivity contribution in [3.8, 4) is 11.5 Å². The second-order valence-electron chi connectivity index (χ2n) is 4.25. The van der Waals surface area contributed by atoms with Gasteiger partial charge in [0.15, 0.2) is 0 Å². The van der Waals surface area contributed by atoms with Crippen LogP contribution in [0.15, 0.2) is 42.5 Å². The summed E-state index contributed by atoms with van der Waals surface area (Å²) in [4.78, 5) is 0. The lowest BCUT2D eigenvalue weighted by atomic mass is 10.1. The van der Waals surface area contributed by atoms with E-state index in [0.29, 0.717) is 5.75 Å². The van der Waals surface area contributed by atoms with Crippen LogP contribution in [-0.2, 0) is 12.6 Å². The number of ether oxygens (including phenoxy) is 1. The molecular formula is C15H12ClF3O. The highest BCUT2D eigenvalue weighted by Gasteiger charge is 2.31. The van der Waals surface area contributed by atoms with E-state index in [2.05, 4.69) is 0 Å². The summed E-state index contributed by atoms with van der Waals surface area (Å²) in [6.07, 6.45) is -3.57. The van der Waals surface area contributed by atoms with Gasteiger partial charge >= 0.3 is 6.18 Å². The third kappa shape index (κ3) is 3.45. The zero-order chi connectivity index (χ0) is 14.8. The monoisotopic (exact) mass is 300 g/mol. The molecule has 0 fully saturated rings. The Hall–Kier alpha value is -1.68. The van der Waals surface area contributed by atoms with Gasteiger partial charge in [-0.15, -0.1) is 0 Å². The van der Waals surface area contributed by atoms with Crippen molar-refractivity contribution in [3.05, 3.63) is 58.6 Å². The fraction of sp³-hybridized carbons (Fsp3) is 0.200. The Bertz CT molecular complexity index is 608. The van der Waals surface area contributed by atoms with E-state index in [9.17, 15) is 13.2 Å². The van der Waals surface area contributed by atoms with Crippen molar-refractivity contribution in [2.75, 3.05) is 0 Å². The number of rotatable bonds is 3. The summed E-state index contributed by atoms with van der Waals surface area (Å²) < 4.78 is 43.1. The van der Waals surface area contributed by atoms with Crippen LogP contribution in [0.1, 0.15) is 18.1 Å². The van der Waals surface area contributed by atoms with Crippen molar-refractivity contribution < 1.29 is 17.9 Å². The lowest BCUT2D eigenvalue weighted by Gasteiger charge is -2.11. The first-order valence-electron chi connectivity index (χ1n) is 6.03. The second kappa shape index (κ2) is 5.75. The largest absolute Gasteiger partial charge is 0.456 e. The Labute approximate surface area is 119 Å². The molecule has 20 heavy (non-hydrogen) atoms. The number of hydrogen-bond donors (Lipinski definition) is 0. The van der Waals surface area contributed by atoms with E-state index in [0.717, 1.165) is 24.1 Å². The summed E-state index contributed by atoms with van der Waals surface area (Å²) >= 11 is 5.83. The van der Waals surface area contributed by atoms with E-state index in [1.807, 2.05) is 25.1 Å². The summed E-state index contributed by atoms with van der Waals surface area (Å²) in [5.74, 6) is 0.749. The predicted octanol–water partition coefficient (Wildman–Crippen LogP) is 5.71. The van der Waals surface area contributed by atoms with E-state index in [4.69, 9.17) is 16.3 Å². The number of hydrogen-bond acceptors (Lipinski definition) is 1. The number of alkyl halides is 3. The fourth-order valence-electron chi connectivity index (χ4n) is 1.72. The molecule has 5 heteroatoms. The van der Waals surface area contributed by atoms with Crippen LogP contribution < -0.4 is 4.74 Å². The standard InChI is InChI=1S/C15H12ClF3O/c1-2-10-4-3-5-12(8-10)20-14-7-6-11(9-13(14)16)15(17,18)19/h3-9H,2H2,1H3. The molecule has 0 aliphatic heterocycles. The maximum atomic E-state index is 12.5. The molecule has 2 aromatic rings. The van der Waals surface area contributed by atoms with Crippen molar-refractivity contribution >= 4 is 11.6 Å². The number of benzene rings is 2. The lowest BCUT2D eigenvalue weighted by Crippen LogP contribution is -2.04. The first-order valence-corrected chi connectivity index (χ1v) is 6.41. The quantitative estimate of drug-likeness (QED) is 0.705. The average Bonchev–Trinajstić information content (AvgIpc) is 2.40. The molecule has 0 radical (unpaired) electrons. The molecule has 2 rings (SSSR count). The minimum absolute atomic E-state index is 0.0678. The first kappa shape index (κ1) is 14.7. The molecule has 0 amide bonds. The Balaban J connectivity index is 2.25. The highest BCUT2D eigenvalue weighted by atomic mass is 35.5. The molecule has 106 valence electrons. The molecule has 1 nitrogen and oxygen atoms in total. The molecule has 0 saturated carbocycles. The first-order chi connectivity index (χ1) is 9.40. The van der Waals surface area contributed by atoms with Gasteiger partial charge in [-0.1, -0.05) is 30.7 Å². The van der Waals surface area contributed by atoms with Gasteiger partial charge in [-0.3, -0.25) is 0 Å². The van der Waals surface area contributed by atoms with Crippen molar-refractivity contribution in [1.29, 1.82) is 0 Å². The Kier molecular flexibility index (Phi) is 4.23. The molecule has 0 atom stereocenters. The molecule has 0 unspecified atom stereocenters. The van der Waals surface area contributed by atoms with Gasteiger partial charge in [0.2, 0.25) is 0 Å². The van der Waals surface area contributed by atoms with E-state index in [1.165, 1.54) is 6.07 Å². The molecule has 0 spiro atoms. The molecule has 2 aromatic carbocycles. The summed E-state index contributed by atoms with van der Waals surface area (Å²) in [7, 11) is 0. The highest BCUT2D eigenvalue weighted by Crippen LogP contribution is 2.36. The summed E-state index contributed by atoms with van der Waals surface area (Å²) in [6.45, 7) is 2.00. The van der Waals surface area contributed by atoms with Crippen molar-refractivity contribution in [2.45, 2.75) is 19.5 Å². The average molecular weight is 301 g/mol. The zero-order valence-electron chi connectivity index (χ0n) is 10.7. The minimum Gasteiger partial charge on any atom is -0.456 e. The second-order valence-corrected chi connectivity index (χ2v) is 4.65. The van der Waals surface area contributed by atoms with Crippen molar-refractivity contribution in [3.63, 3.8) is 0 Å². The summed E-state index contributed by atoms with van der Waals surface area (Å²) in [5.41, 5.74) is 0.280. The summed E-state index contributed by atoms with van der Waals surface area (Å²) in [5, 5.41) is -0.0678. The predicted molar refractivity (Wildman–Crippen MR) is 72.3 cm³/mol. The molecular weight excluding hydrogens is 289 g/mol. The molecule has 0 aliphatic rings. The lowest BCUT2D eigenvalue weighted by molar-refractivity contribution is -0.137. The number of aryl methyl sites for hydroxylation is 1. The topological polar surface area (TPSA) is 9.23 Å². The van der Waals surface area contributed by atoms with Crippen LogP contribution in [-0.4, -0.2) is 0 Å². The van der Waals surface area contributed by atoms with Crippen molar-refractivity contribution in [2.24, 2.45) is 0 Å². The van der Waals surface area contributed by atoms with Gasteiger partial charge in [0.1, 0.15) is 11.5 Å². The minimum atomic E-state index is -4.41. The van der Waals surface area contributed by atoms with Crippen LogP contribution in [0.5, 0.6) is 11.5 Å². The molecule has 0 N–H and O–H groups in total. The van der Waals surface area contributed by atoms with Crippen molar-refractivity contribution in [1.82, 2.24) is 0 Å². The van der Waals surface area contributed by atoms with Crippen LogP contribution >= 0.6 is 11.6 Å². The van der Waals surface area contributed by atoms with Crippen LogP contribution in [0.3, 0.4) is 0 Å². The van der Waals surface area contributed by atoms with Crippen LogP contribution in [0.25, 0.3) is 0 Å². The van der Waals surface area contributed by atoms with Gasteiger partial charge in [0.25, 0.3) is 0 Å². The normalized spacial score (nSPS) is 11.4. The van der Waals surface area contributed by atoms with Gasteiger partial charge in [-0.05, 0) is 42.3 Å². The Morgan fingerprint density at radius 1 is 1.10 bits per heavy atom. The molecule has 0 heterocycles. The zero-order valence-corrected chi connectivity index (χ0v) is 11.4. The maximum absolute atomic E-state index is 12.5. The van der Waals surface area contributed by atoms with Gasteiger partial charge < -0.3 is 4.74 Å². The maximum Gasteiger partial charge on any atom is 0.416 e. The third-order valence-electron chi connectivity index (χ3n) is 2.79. The summed E-state index contributed by atoms with van der Waals surface area (Å²) in [6, 6.07) is 10.4. The van der Waals surface area contributed by atoms with E-state index in [1.54, 1.807) is 6.07 Å². The van der Waals surface area contributed by atoms with Crippen LogP contribution in [0, 0.1) is 0 Å². The van der Waals surface area contributed by atoms with Gasteiger partial charge in [0.05, 0.1) is 10.6 Å². The van der Waals surface area contributed by atoms with E-state index in [-0.39, 0.29) is 10.8 Å². The molecule has 0 bridgehead atoms. The smallest absolute Gasteiger partial charge is 0.416 e. The van der Waals surface area contributed by atoms with Gasteiger partial charge in [-0.2, -0.15) is 13.2 Å². The Morgan fingerprint density at radius 3 is 2.45 bits per heavy atom. The van der Waals surface area contributed by atoms with E-state index >= 15 is 0 Å². The molecule has 0 saturated heterocycles.